The van der Waals surface area contributed by atoms with Crippen molar-refractivity contribution >= 4 is 28.2 Å². The van der Waals surface area contributed by atoms with Gasteiger partial charge in [0, 0.05) is 48.0 Å². The van der Waals surface area contributed by atoms with Gasteiger partial charge in [0.1, 0.15) is 0 Å². The number of rotatable bonds is 10. The van der Waals surface area contributed by atoms with Crippen molar-refractivity contribution < 1.29 is 9.47 Å². The third-order valence-corrected chi connectivity index (χ3v) is 6.81. The molecule has 1 fully saturated rings. The molecule has 1 aromatic heterocycles. The number of hydrogen-bond acceptors (Lipinski definition) is 5. The summed E-state index contributed by atoms with van der Waals surface area (Å²) in [6, 6.07) is 14.8. The van der Waals surface area contributed by atoms with E-state index < -0.39 is 0 Å². The predicted octanol–water partition coefficient (Wildman–Crippen LogP) is 6.93. The van der Waals surface area contributed by atoms with E-state index in [0.29, 0.717) is 17.7 Å². The number of nitrogens with one attached hydrogen (secondary N) is 1. The molecule has 2 heterocycles. The molecule has 5 nitrogen and oxygen atoms in total. The molecule has 3 aromatic rings. The number of likely N-dealkylation sites (tertiary alicyclic amines) is 1. The number of ether oxygens (including phenoxy) is 2. The van der Waals surface area contributed by atoms with Gasteiger partial charge in [0.05, 0.1) is 18.2 Å². The van der Waals surface area contributed by atoms with E-state index in [1.165, 1.54) is 5.56 Å². The van der Waals surface area contributed by atoms with Crippen LogP contribution in [0.3, 0.4) is 0 Å². The van der Waals surface area contributed by atoms with Gasteiger partial charge in [-0.25, -0.2) is 0 Å². The van der Waals surface area contributed by atoms with E-state index in [2.05, 4.69) is 59.4 Å². The first kappa shape index (κ1) is 24.6. The van der Waals surface area contributed by atoms with Crippen LogP contribution >= 0.6 is 11.6 Å². The summed E-state index contributed by atoms with van der Waals surface area (Å²) in [4.78, 5) is 6.98. The lowest BCUT2D eigenvalue weighted by Crippen LogP contribution is -2.38. The second-order valence-electron chi connectivity index (χ2n) is 8.99. The maximum absolute atomic E-state index is 6.19. The van der Waals surface area contributed by atoms with Gasteiger partial charge in [-0.3, -0.25) is 9.88 Å². The number of piperidine rings is 1. The second-order valence-corrected chi connectivity index (χ2v) is 9.42. The first-order chi connectivity index (χ1) is 16.6. The van der Waals surface area contributed by atoms with Crippen molar-refractivity contribution in [3.8, 4) is 11.5 Å². The molecule has 1 N–H and O–H groups in total. The molecule has 6 heteroatoms. The minimum absolute atomic E-state index is 0.228. The zero-order valence-electron chi connectivity index (χ0n) is 20.5. The molecule has 0 amide bonds. The van der Waals surface area contributed by atoms with Crippen molar-refractivity contribution in [2.75, 3.05) is 25.0 Å². The second kappa shape index (κ2) is 11.8. The largest absolute Gasteiger partial charge is 0.490 e. The van der Waals surface area contributed by atoms with Gasteiger partial charge in [-0.05, 0) is 74.6 Å². The lowest BCUT2D eigenvalue weighted by molar-refractivity contribution is 0.181. The maximum Gasteiger partial charge on any atom is 0.161 e. The number of anilines is 1. The molecular formula is C28H36ClN3O2. The summed E-state index contributed by atoms with van der Waals surface area (Å²) in [6.45, 7) is 10.0. The number of pyridine rings is 1. The molecule has 1 aliphatic rings. The number of fused-ring (bicyclic) bond motifs is 1. The highest BCUT2D eigenvalue weighted by Gasteiger charge is 2.20. The maximum atomic E-state index is 6.19. The Labute approximate surface area is 208 Å². The molecule has 0 atom stereocenters. The zero-order valence-corrected chi connectivity index (χ0v) is 21.3. The Kier molecular flexibility index (Phi) is 8.52. The van der Waals surface area contributed by atoms with Gasteiger partial charge in [-0.2, -0.15) is 0 Å². The van der Waals surface area contributed by atoms with Crippen LogP contribution in [0.5, 0.6) is 11.5 Å². The summed E-state index contributed by atoms with van der Waals surface area (Å²) in [5.74, 6) is 1.71. The van der Waals surface area contributed by atoms with Crippen LogP contribution < -0.4 is 14.8 Å². The number of halogens is 1. The molecule has 0 saturated carbocycles. The van der Waals surface area contributed by atoms with Gasteiger partial charge in [0.15, 0.2) is 11.5 Å². The zero-order chi connectivity index (χ0) is 23.9. The minimum atomic E-state index is 0.228. The minimum Gasteiger partial charge on any atom is -0.490 e. The molecule has 34 heavy (non-hydrogen) atoms. The van der Waals surface area contributed by atoms with Crippen molar-refractivity contribution in [3.63, 3.8) is 0 Å². The van der Waals surface area contributed by atoms with Crippen LogP contribution in [0.4, 0.5) is 5.69 Å². The summed E-state index contributed by atoms with van der Waals surface area (Å²) in [7, 11) is 0. The van der Waals surface area contributed by atoms with Gasteiger partial charge in [-0.1, -0.05) is 31.5 Å². The first-order valence-corrected chi connectivity index (χ1v) is 12.9. The van der Waals surface area contributed by atoms with Gasteiger partial charge in [0.2, 0.25) is 0 Å². The average molecular weight is 482 g/mol. The average Bonchev–Trinajstić information content (AvgIpc) is 2.85. The van der Waals surface area contributed by atoms with E-state index in [1.54, 1.807) is 0 Å². The number of nitrogens with zero attached hydrogens (tertiary/aromatic N) is 2. The van der Waals surface area contributed by atoms with E-state index in [9.17, 15) is 0 Å². The Hall–Kier alpha value is -2.50. The van der Waals surface area contributed by atoms with Crippen LogP contribution in [0.15, 0.2) is 48.7 Å². The molecule has 0 bridgehead atoms. The fourth-order valence-corrected chi connectivity index (χ4v) is 4.78. The highest BCUT2D eigenvalue weighted by Crippen LogP contribution is 2.31. The lowest BCUT2D eigenvalue weighted by Gasteiger charge is -2.33. The highest BCUT2D eigenvalue weighted by atomic mass is 35.5. The van der Waals surface area contributed by atoms with E-state index in [1.807, 2.05) is 25.3 Å². The van der Waals surface area contributed by atoms with Gasteiger partial charge < -0.3 is 14.8 Å². The van der Waals surface area contributed by atoms with Crippen LogP contribution in [0.1, 0.15) is 52.0 Å². The summed E-state index contributed by atoms with van der Waals surface area (Å²) >= 11 is 6.14. The Morgan fingerprint density at radius 3 is 2.56 bits per heavy atom. The number of hydrogen-bond donors (Lipinski definition) is 1. The molecule has 1 aliphatic heterocycles. The summed E-state index contributed by atoms with van der Waals surface area (Å²) < 4.78 is 12.1. The molecule has 0 radical (unpaired) electrons. The van der Waals surface area contributed by atoms with Crippen molar-refractivity contribution in [2.45, 2.75) is 65.1 Å². The van der Waals surface area contributed by atoms with E-state index in [-0.39, 0.29) is 6.10 Å². The fraction of sp³-hybridized carbons (Fsp3) is 0.464. The Morgan fingerprint density at radius 2 is 1.82 bits per heavy atom. The Bertz CT molecular complexity index is 1080. The molecule has 0 unspecified atom stereocenters. The van der Waals surface area contributed by atoms with Gasteiger partial charge >= 0.3 is 0 Å². The van der Waals surface area contributed by atoms with Crippen LogP contribution in [0.25, 0.3) is 10.9 Å². The summed E-state index contributed by atoms with van der Waals surface area (Å²) in [6.07, 6.45) is 6.28. The highest BCUT2D eigenvalue weighted by molar-refractivity contribution is 6.31. The Morgan fingerprint density at radius 1 is 1.03 bits per heavy atom. The molecule has 2 aromatic carbocycles. The fourth-order valence-electron chi connectivity index (χ4n) is 4.61. The molecule has 0 spiro atoms. The standard InChI is InChI=1S/C28H36ClN3O2/c1-4-23(5-2)34-27-10-7-20(17-28(27)33-6-3)19-32-15-12-22(13-16-32)31-25-11-14-30-26-18-21(29)8-9-24(25)26/h7-11,14,17-18,22-23H,4-6,12-13,15-16,19H2,1-3H3,(H,30,31). The SMILES string of the molecule is CCOc1cc(CN2CCC(Nc3ccnc4cc(Cl)ccc34)CC2)ccc1OC(CC)CC. The normalized spacial score (nSPS) is 15.1. The summed E-state index contributed by atoms with van der Waals surface area (Å²) in [5, 5.41) is 5.58. The molecule has 0 aliphatic carbocycles. The topological polar surface area (TPSA) is 46.6 Å². The van der Waals surface area contributed by atoms with E-state index in [0.717, 1.165) is 73.4 Å². The van der Waals surface area contributed by atoms with Crippen molar-refractivity contribution in [1.29, 1.82) is 0 Å². The molecule has 182 valence electrons. The quantitative estimate of drug-likeness (QED) is 0.340. The lowest BCUT2D eigenvalue weighted by atomic mass is 10.0. The first-order valence-electron chi connectivity index (χ1n) is 12.5. The van der Waals surface area contributed by atoms with E-state index in [4.69, 9.17) is 21.1 Å². The van der Waals surface area contributed by atoms with Crippen LogP contribution in [0, 0.1) is 0 Å². The predicted molar refractivity (Wildman–Crippen MR) is 141 cm³/mol. The molecule has 4 rings (SSSR count). The van der Waals surface area contributed by atoms with Crippen molar-refractivity contribution in [1.82, 2.24) is 9.88 Å². The van der Waals surface area contributed by atoms with Gasteiger partial charge in [0.25, 0.3) is 0 Å². The molecule has 1 saturated heterocycles. The monoisotopic (exact) mass is 481 g/mol. The van der Waals surface area contributed by atoms with Gasteiger partial charge in [-0.15, -0.1) is 0 Å². The number of benzene rings is 2. The van der Waals surface area contributed by atoms with Crippen LogP contribution in [0.2, 0.25) is 5.02 Å². The van der Waals surface area contributed by atoms with Crippen molar-refractivity contribution in [2.24, 2.45) is 0 Å². The number of aromatic nitrogens is 1. The van der Waals surface area contributed by atoms with Crippen LogP contribution in [-0.4, -0.2) is 41.7 Å². The molecular weight excluding hydrogens is 446 g/mol. The van der Waals surface area contributed by atoms with Crippen LogP contribution in [-0.2, 0) is 6.54 Å². The van der Waals surface area contributed by atoms with E-state index >= 15 is 0 Å². The Balaban J connectivity index is 1.35. The third-order valence-electron chi connectivity index (χ3n) is 6.57. The smallest absolute Gasteiger partial charge is 0.161 e. The van der Waals surface area contributed by atoms with Crippen molar-refractivity contribution in [3.05, 3.63) is 59.2 Å². The third kappa shape index (κ3) is 6.13. The summed E-state index contributed by atoms with van der Waals surface area (Å²) in [5.41, 5.74) is 3.33.